The highest BCUT2D eigenvalue weighted by molar-refractivity contribution is 14.1. The van der Waals surface area contributed by atoms with Crippen molar-refractivity contribution in [2.24, 2.45) is 11.7 Å². The van der Waals surface area contributed by atoms with E-state index in [4.69, 9.17) is 17.3 Å². The highest BCUT2D eigenvalue weighted by Gasteiger charge is 2.31. The number of nitrogens with two attached hydrogens (primary N) is 1. The van der Waals surface area contributed by atoms with Crippen molar-refractivity contribution in [3.8, 4) is 0 Å². The van der Waals surface area contributed by atoms with Crippen LogP contribution in [0.1, 0.15) is 51.5 Å². The van der Waals surface area contributed by atoms with E-state index < -0.39 is 40.0 Å². The maximum absolute atomic E-state index is 13.6. The van der Waals surface area contributed by atoms with Gasteiger partial charge in [-0.05, 0) is 90.6 Å². The summed E-state index contributed by atoms with van der Waals surface area (Å²) in [6.07, 6.45) is 3.39. The first-order valence-corrected chi connectivity index (χ1v) is 18.5. The SMILES string of the molecule is CC(C)CC[C@H](NS(=O)(=O)c1ccc(Cl)s1)C(=O)N[C@@H](Cc1ccc(I)cc1)C(=O)N[C@@H](CS)C(=O)NCCCCCN. The first-order chi connectivity index (χ1) is 20.4. The number of rotatable bonds is 19. The minimum atomic E-state index is -4.05. The Morgan fingerprint density at radius 2 is 1.58 bits per heavy atom. The quantitative estimate of drug-likeness (QED) is 0.0728. The molecule has 0 fully saturated rings. The van der Waals surface area contributed by atoms with Crippen LogP contribution in [0.3, 0.4) is 0 Å². The van der Waals surface area contributed by atoms with E-state index in [1.165, 1.54) is 12.1 Å². The Balaban J connectivity index is 2.24. The third-order valence-corrected chi connectivity index (χ3v) is 10.7. The molecule has 240 valence electrons. The molecule has 1 heterocycles. The lowest BCUT2D eigenvalue weighted by Gasteiger charge is -2.25. The van der Waals surface area contributed by atoms with E-state index >= 15 is 0 Å². The molecular weight excluding hydrogens is 745 g/mol. The normalized spacial score (nSPS) is 13.7. The molecule has 3 atom stereocenters. The zero-order chi connectivity index (χ0) is 32.0. The summed E-state index contributed by atoms with van der Waals surface area (Å²) in [6.45, 7) is 4.96. The molecule has 0 aliphatic carbocycles. The Bertz CT molecular complexity index is 1290. The summed E-state index contributed by atoms with van der Waals surface area (Å²) in [7, 11) is -4.05. The molecule has 0 aliphatic heterocycles. The lowest BCUT2D eigenvalue weighted by Crippen LogP contribution is -2.57. The van der Waals surface area contributed by atoms with E-state index in [1.807, 2.05) is 38.1 Å². The summed E-state index contributed by atoms with van der Waals surface area (Å²) >= 11 is 13.3. The predicted molar refractivity (Wildman–Crippen MR) is 184 cm³/mol. The molecular formula is C28H41ClIN5O5S3. The Kier molecular flexibility index (Phi) is 16.8. The molecule has 1 aromatic carbocycles. The Morgan fingerprint density at radius 1 is 0.930 bits per heavy atom. The van der Waals surface area contributed by atoms with Gasteiger partial charge in [-0.3, -0.25) is 14.4 Å². The van der Waals surface area contributed by atoms with Crippen molar-refractivity contribution < 1.29 is 22.8 Å². The number of benzene rings is 1. The van der Waals surface area contributed by atoms with Gasteiger partial charge >= 0.3 is 0 Å². The lowest BCUT2D eigenvalue weighted by molar-refractivity contribution is -0.132. The third-order valence-electron chi connectivity index (χ3n) is 6.44. The Labute approximate surface area is 282 Å². The topological polar surface area (TPSA) is 159 Å². The van der Waals surface area contributed by atoms with Crippen LogP contribution in [0.4, 0.5) is 0 Å². The molecule has 3 amide bonds. The van der Waals surface area contributed by atoms with Gasteiger partial charge in [0, 0.05) is 22.3 Å². The van der Waals surface area contributed by atoms with E-state index in [9.17, 15) is 22.8 Å². The van der Waals surface area contributed by atoms with Crippen LogP contribution in [-0.2, 0) is 30.8 Å². The fourth-order valence-electron chi connectivity index (χ4n) is 4.02. The van der Waals surface area contributed by atoms with Gasteiger partial charge in [-0.15, -0.1) is 11.3 Å². The summed E-state index contributed by atoms with van der Waals surface area (Å²) in [5.74, 6) is -1.37. The van der Waals surface area contributed by atoms with E-state index in [0.29, 0.717) is 23.8 Å². The summed E-state index contributed by atoms with van der Waals surface area (Å²) in [5.41, 5.74) is 6.29. The summed E-state index contributed by atoms with van der Waals surface area (Å²) in [6, 6.07) is 7.14. The number of sulfonamides is 1. The molecule has 0 saturated carbocycles. The van der Waals surface area contributed by atoms with Crippen LogP contribution in [0.25, 0.3) is 0 Å². The molecule has 2 rings (SSSR count). The first kappa shape index (κ1) is 37.8. The van der Waals surface area contributed by atoms with Crippen molar-refractivity contribution in [3.05, 3.63) is 49.9 Å². The number of carbonyl (C=O) groups is 3. The number of unbranched alkanes of at least 4 members (excludes halogenated alkanes) is 2. The molecule has 2 aromatic rings. The molecule has 0 unspecified atom stereocenters. The van der Waals surface area contributed by atoms with Crippen molar-refractivity contribution >= 4 is 85.9 Å². The van der Waals surface area contributed by atoms with Crippen LogP contribution in [-0.4, -0.2) is 63.1 Å². The van der Waals surface area contributed by atoms with Crippen LogP contribution >= 0.6 is 58.2 Å². The lowest BCUT2D eigenvalue weighted by atomic mass is 10.0. The van der Waals surface area contributed by atoms with Gasteiger partial charge in [0.1, 0.15) is 22.3 Å². The second kappa shape index (κ2) is 19.2. The van der Waals surface area contributed by atoms with Gasteiger partial charge in [-0.25, -0.2) is 8.42 Å². The summed E-state index contributed by atoms with van der Waals surface area (Å²) < 4.78 is 29.9. The van der Waals surface area contributed by atoms with Gasteiger partial charge in [-0.2, -0.15) is 17.4 Å². The van der Waals surface area contributed by atoms with E-state index in [0.717, 1.165) is 39.7 Å². The number of halogens is 2. The standard InChI is InChI=1S/C28H41ClIN5O5S3/c1-18(2)6-11-21(35-43(39,40)25-13-12-24(29)42-25)27(37)33-22(16-19-7-9-20(30)10-8-19)28(38)34-23(17-41)26(36)32-15-5-3-4-14-31/h7-10,12-13,18,21-23,35,41H,3-6,11,14-17,31H2,1-2H3,(H,32,36)(H,33,37)(H,34,38)/t21-,22-,23-/m0/s1. The highest BCUT2D eigenvalue weighted by atomic mass is 127. The number of hydrogen-bond acceptors (Lipinski definition) is 8. The largest absolute Gasteiger partial charge is 0.354 e. The third kappa shape index (κ3) is 13.6. The van der Waals surface area contributed by atoms with Gasteiger partial charge in [0.15, 0.2) is 0 Å². The van der Waals surface area contributed by atoms with Crippen molar-refractivity contribution in [1.29, 1.82) is 0 Å². The van der Waals surface area contributed by atoms with E-state index in [-0.39, 0.29) is 34.6 Å². The average Bonchev–Trinajstić information content (AvgIpc) is 3.41. The van der Waals surface area contributed by atoms with E-state index in [1.54, 1.807) is 0 Å². The van der Waals surface area contributed by atoms with Crippen LogP contribution in [0.5, 0.6) is 0 Å². The number of nitrogens with one attached hydrogen (secondary N) is 4. The number of hydrogen-bond donors (Lipinski definition) is 6. The second-order valence-electron chi connectivity index (χ2n) is 10.5. The molecule has 0 saturated heterocycles. The molecule has 6 N–H and O–H groups in total. The predicted octanol–water partition coefficient (Wildman–Crippen LogP) is 3.48. The Morgan fingerprint density at radius 3 is 2.16 bits per heavy atom. The number of carbonyl (C=O) groups excluding carboxylic acids is 3. The van der Waals surface area contributed by atoms with Crippen LogP contribution < -0.4 is 26.4 Å². The van der Waals surface area contributed by atoms with Gasteiger partial charge in [0.2, 0.25) is 17.7 Å². The number of amides is 3. The van der Waals surface area contributed by atoms with Crippen molar-refractivity contribution in [3.63, 3.8) is 0 Å². The number of thiophene rings is 1. The minimum absolute atomic E-state index is 0.0151. The number of thiol groups is 1. The van der Waals surface area contributed by atoms with Crippen LogP contribution in [0.15, 0.2) is 40.6 Å². The minimum Gasteiger partial charge on any atom is -0.354 e. The molecule has 1 aromatic heterocycles. The van der Waals surface area contributed by atoms with Gasteiger partial charge in [-0.1, -0.05) is 44.0 Å². The summed E-state index contributed by atoms with van der Waals surface area (Å²) in [5, 5.41) is 8.26. The molecule has 15 heteroatoms. The monoisotopic (exact) mass is 785 g/mol. The summed E-state index contributed by atoms with van der Waals surface area (Å²) in [4.78, 5) is 39.9. The molecule has 0 spiro atoms. The van der Waals surface area contributed by atoms with Gasteiger partial charge in [0.25, 0.3) is 10.0 Å². The molecule has 43 heavy (non-hydrogen) atoms. The fourth-order valence-corrected chi connectivity index (χ4v) is 7.36. The first-order valence-electron chi connectivity index (χ1n) is 14.1. The molecule has 0 aliphatic rings. The van der Waals surface area contributed by atoms with Crippen LogP contribution in [0.2, 0.25) is 4.34 Å². The molecule has 10 nitrogen and oxygen atoms in total. The Hall–Kier alpha value is -1.43. The van der Waals surface area contributed by atoms with Crippen molar-refractivity contribution in [2.45, 2.75) is 74.7 Å². The molecule has 0 radical (unpaired) electrons. The van der Waals surface area contributed by atoms with Crippen LogP contribution in [0, 0.1) is 9.49 Å². The van der Waals surface area contributed by atoms with E-state index in [2.05, 4.69) is 55.9 Å². The highest BCUT2D eigenvalue weighted by Crippen LogP contribution is 2.26. The zero-order valence-electron chi connectivity index (χ0n) is 24.3. The smallest absolute Gasteiger partial charge is 0.250 e. The average molecular weight is 786 g/mol. The fraction of sp³-hybridized carbons (Fsp3) is 0.536. The maximum atomic E-state index is 13.6. The molecule has 0 bridgehead atoms. The van der Waals surface area contributed by atoms with Gasteiger partial charge < -0.3 is 21.7 Å². The maximum Gasteiger partial charge on any atom is 0.250 e. The second-order valence-corrected chi connectivity index (χ2v) is 15.7. The zero-order valence-corrected chi connectivity index (χ0v) is 29.7. The van der Waals surface area contributed by atoms with Crippen molar-refractivity contribution in [1.82, 2.24) is 20.7 Å². The van der Waals surface area contributed by atoms with Gasteiger partial charge in [0.05, 0.1) is 4.34 Å². The van der Waals surface area contributed by atoms with Crippen molar-refractivity contribution in [2.75, 3.05) is 18.8 Å².